The Hall–Kier alpha value is -2.95. The Kier molecular flexibility index (Phi) is 13.1. The Bertz CT molecular complexity index is 927. The van der Waals surface area contributed by atoms with Crippen molar-refractivity contribution < 1.29 is 14.6 Å². The molecule has 4 nitrogen and oxygen atoms in total. The Labute approximate surface area is 229 Å². The summed E-state index contributed by atoms with van der Waals surface area (Å²) in [6, 6.07) is 30.3. The van der Waals surface area contributed by atoms with Gasteiger partial charge in [-0.3, -0.25) is 4.79 Å². The first kappa shape index (κ1) is 29.6. The second kappa shape index (κ2) is 16.8. The van der Waals surface area contributed by atoms with E-state index in [1.807, 2.05) is 54.6 Å². The number of rotatable bonds is 18. The molecule has 38 heavy (non-hydrogen) atoms. The van der Waals surface area contributed by atoms with Gasteiger partial charge in [0, 0.05) is 13.0 Å². The van der Waals surface area contributed by atoms with E-state index in [-0.39, 0.29) is 19.1 Å². The number of aliphatic hydroxyl groups is 1. The number of carbonyl (C=O) groups excluding carboxylic acids is 1. The predicted octanol–water partition coefficient (Wildman–Crippen LogP) is 7.39. The van der Waals surface area contributed by atoms with Crippen LogP contribution in [0.5, 0.6) is 0 Å². The summed E-state index contributed by atoms with van der Waals surface area (Å²) < 4.78 is 6.64. The van der Waals surface area contributed by atoms with Crippen LogP contribution in [0.3, 0.4) is 0 Å². The maximum atomic E-state index is 12.4. The highest BCUT2D eigenvalue weighted by Gasteiger charge is 2.38. The van der Waals surface area contributed by atoms with E-state index in [4.69, 9.17) is 4.74 Å². The molecule has 0 heterocycles. The zero-order chi connectivity index (χ0) is 26.9. The number of amides is 1. The van der Waals surface area contributed by atoms with E-state index in [1.165, 1.54) is 44.9 Å². The molecule has 0 radical (unpaired) electrons. The summed E-state index contributed by atoms with van der Waals surface area (Å²) in [5.41, 5.74) is 2.07. The number of nitrogens with one attached hydrogen (secondary N) is 1. The minimum Gasteiger partial charge on any atom is -0.389 e. The van der Waals surface area contributed by atoms with Gasteiger partial charge in [-0.1, -0.05) is 149 Å². The molecule has 0 spiro atoms. The number of ether oxygens (including phenoxy) is 1. The lowest BCUT2D eigenvalue weighted by Crippen LogP contribution is -2.39. The van der Waals surface area contributed by atoms with E-state index < -0.39 is 11.7 Å². The largest absolute Gasteiger partial charge is 0.389 e. The first-order chi connectivity index (χ1) is 18.7. The molecule has 1 atom stereocenters. The van der Waals surface area contributed by atoms with Crippen LogP contribution in [0.15, 0.2) is 91.0 Å². The monoisotopic (exact) mass is 515 g/mol. The molecule has 0 aromatic heterocycles. The fourth-order valence-corrected chi connectivity index (χ4v) is 4.96. The van der Waals surface area contributed by atoms with E-state index in [0.717, 1.165) is 29.5 Å². The molecule has 0 aliphatic carbocycles. The van der Waals surface area contributed by atoms with Gasteiger partial charge >= 0.3 is 0 Å². The summed E-state index contributed by atoms with van der Waals surface area (Å²) in [6.45, 7) is 2.49. The quantitative estimate of drug-likeness (QED) is 0.137. The molecular formula is C34H45NO3. The van der Waals surface area contributed by atoms with Crippen LogP contribution in [0.1, 0.15) is 87.8 Å². The van der Waals surface area contributed by atoms with Crippen molar-refractivity contribution in [2.45, 2.75) is 82.8 Å². The smallest absolute Gasteiger partial charge is 0.220 e. The molecule has 0 aliphatic rings. The molecule has 0 saturated carbocycles. The van der Waals surface area contributed by atoms with Gasteiger partial charge in [-0.2, -0.15) is 0 Å². The maximum Gasteiger partial charge on any atom is 0.220 e. The van der Waals surface area contributed by atoms with Crippen LogP contribution in [0.25, 0.3) is 0 Å². The molecule has 4 heteroatoms. The molecule has 3 rings (SSSR count). The van der Waals surface area contributed by atoms with Crippen LogP contribution in [-0.2, 0) is 15.1 Å². The van der Waals surface area contributed by atoms with Gasteiger partial charge in [-0.15, -0.1) is 0 Å². The van der Waals surface area contributed by atoms with Gasteiger partial charge < -0.3 is 15.2 Å². The minimum atomic E-state index is -0.884. The number of hydrogen-bond donors (Lipinski definition) is 2. The third-order valence-electron chi connectivity index (χ3n) is 7.08. The second-order valence-electron chi connectivity index (χ2n) is 10.1. The third kappa shape index (κ3) is 9.11. The lowest BCUT2D eigenvalue weighted by atomic mass is 9.80. The summed E-state index contributed by atoms with van der Waals surface area (Å²) in [5.74, 6) is -0.00700. The van der Waals surface area contributed by atoms with Crippen molar-refractivity contribution in [2.75, 3.05) is 13.2 Å². The van der Waals surface area contributed by atoms with Crippen LogP contribution >= 0.6 is 0 Å². The zero-order valence-corrected chi connectivity index (χ0v) is 23.0. The normalized spacial score (nSPS) is 12.3. The third-order valence-corrected chi connectivity index (χ3v) is 7.08. The summed E-state index contributed by atoms with van der Waals surface area (Å²) in [6.07, 6.45) is 10.7. The molecule has 204 valence electrons. The van der Waals surface area contributed by atoms with Crippen LogP contribution < -0.4 is 5.32 Å². The van der Waals surface area contributed by atoms with E-state index in [9.17, 15) is 9.90 Å². The zero-order valence-electron chi connectivity index (χ0n) is 23.0. The van der Waals surface area contributed by atoms with Gasteiger partial charge in [0.05, 0.1) is 12.7 Å². The first-order valence-corrected chi connectivity index (χ1v) is 14.4. The lowest BCUT2D eigenvalue weighted by molar-refractivity contribution is -0.122. The van der Waals surface area contributed by atoms with E-state index in [0.29, 0.717) is 6.42 Å². The summed E-state index contributed by atoms with van der Waals surface area (Å²) in [5, 5.41) is 13.7. The highest BCUT2D eigenvalue weighted by Crippen LogP contribution is 2.40. The Balaban J connectivity index is 1.54. The molecule has 2 N–H and O–H groups in total. The lowest BCUT2D eigenvalue weighted by Gasteiger charge is -2.36. The van der Waals surface area contributed by atoms with Gasteiger partial charge in [0.15, 0.2) is 0 Å². The van der Waals surface area contributed by atoms with E-state index >= 15 is 0 Å². The molecule has 0 fully saturated rings. The van der Waals surface area contributed by atoms with Gasteiger partial charge in [0.2, 0.25) is 5.91 Å². The molecule has 0 aliphatic heterocycles. The fraction of sp³-hybridized carbons (Fsp3) is 0.441. The molecule has 3 aromatic carbocycles. The Morgan fingerprint density at radius 2 is 1.13 bits per heavy atom. The number of carbonyl (C=O) groups is 1. The van der Waals surface area contributed by atoms with Crippen molar-refractivity contribution in [3.63, 3.8) is 0 Å². The molecule has 3 aromatic rings. The molecule has 0 bridgehead atoms. The number of hydrogen-bond acceptors (Lipinski definition) is 3. The summed E-state index contributed by atoms with van der Waals surface area (Å²) in [7, 11) is 0. The molecule has 0 saturated heterocycles. The summed E-state index contributed by atoms with van der Waals surface area (Å²) >= 11 is 0. The highest BCUT2D eigenvalue weighted by molar-refractivity contribution is 5.75. The van der Waals surface area contributed by atoms with Gasteiger partial charge in [-0.25, -0.2) is 0 Å². The average molecular weight is 516 g/mol. The van der Waals surface area contributed by atoms with E-state index in [1.54, 1.807) is 0 Å². The van der Waals surface area contributed by atoms with Gasteiger partial charge in [0.25, 0.3) is 0 Å². The minimum absolute atomic E-state index is 0.00700. The highest BCUT2D eigenvalue weighted by atomic mass is 16.5. The number of benzene rings is 3. The van der Waals surface area contributed by atoms with Gasteiger partial charge in [0.1, 0.15) is 5.60 Å². The predicted molar refractivity (Wildman–Crippen MR) is 156 cm³/mol. The van der Waals surface area contributed by atoms with Crippen molar-refractivity contribution in [3.05, 3.63) is 108 Å². The Morgan fingerprint density at radius 3 is 1.58 bits per heavy atom. The molecule has 1 unspecified atom stereocenters. The van der Waals surface area contributed by atoms with Crippen LogP contribution in [-0.4, -0.2) is 30.3 Å². The van der Waals surface area contributed by atoms with Crippen molar-refractivity contribution >= 4 is 5.91 Å². The van der Waals surface area contributed by atoms with Gasteiger partial charge in [-0.05, 0) is 23.1 Å². The summed E-state index contributed by atoms with van der Waals surface area (Å²) in [4.78, 5) is 12.4. The second-order valence-corrected chi connectivity index (χ2v) is 10.1. The van der Waals surface area contributed by atoms with Crippen LogP contribution in [0, 0.1) is 0 Å². The standard InChI is InChI=1S/C34H45NO3/c1-2-3-4-5-6-7-8-9-19-26-33(37)35-27-32(36)28-38-34(29-20-13-10-14-21-29,30-22-15-11-16-23-30)31-24-17-12-18-25-31/h10-18,20-25,32,36H,2-9,19,26-28H2,1H3,(H,35,37). The fourth-order valence-electron chi connectivity index (χ4n) is 4.96. The molecular weight excluding hydrogens is 470 g/mol. The average Bonchev–Trinajstić information content (AvgIpc) is 2.97. The van der Waals surface area contributed by atoms with Crippen molar-refractivity contribution in [1.82, 2.24) is 5.32 Å². The Morgan fingerprint density at radius 1 is 0.711 bits per heavy atom. The molecule has 1 amide bonds. The van der Waals surface area contributed by atoms with Crippen LogP contribution in [0.4, 0.5) is 0 Å². The van der Waals surface area contributed by atoms with E-state index in [2.05, 4.69) is 48.6 Å². The number of aliphatic hydroxyl groups excluding tert-OH is 1. The van der Waals surface area contributed by atoms with Crippen molar-refractivity contribution in [3.8, 4) is 0 Å². The first-order valence-electron chi connectivity index (χ1n) is 14.4. The maximum absolute atomic E-state index is 12.4. The number of unbranched alkanes of at least 4 members (excludes halogenated alkanes) is 8. The van der Waals surface area contributed by atoms with Crippen molar-refractivity contribution in [1.29, 1.82) is 0 Å². The SMILES string of the molecule is CCCCCCCCCCCC(=O)NCC(O)COC(c1ccccc1)(c1ccccc1)c1ccccc1. The van der Waals surface area contributed by atoms with Crippen LogP contribution in [0.2, 0.25) is 0 Å². The topological polar surface area (TPSA) is 58.6 Å². The van der Waals surface area contributed by atoms with Crippen molar-refractivity contribution in [2.24, 2.45) is 0 Å².